The predicted octanol–water partition coefficient (Wildman–Crippen LogP) is 1.62. The second-order valence-corrected chi connectivity index (χ2v) is 6.00. The van der Waals surface area contributed by atoms with E-state index < -0.39 is 0 Å². The number of aromatic nitrogens is 5. The largest absolute Gasteiger partial charge is 0.373 e. The zero-order valence-corrected chi connectivity index (χ0v) is 14.2. The molecular formula is C16H20N8O. The Morgan fingerprint density at radius 1 is 1.36 bits per heavy atom. The number of fused-ring (bicyclic) bond motifs is 1. The van der Waals surface area contributed by atoms with Gasteiger partial charge in [0.05, 0.1) is 6.20 Å². The summed E-state index contributed by atoms with van der Waals surface area (Å²) in [6.45, 7) is 2.82. The Kier molecular flexibility index (Phi) is 3.75. The second kappa shape index (κ2) is 6.08. The van der Waals surface area contributed by atoms with Crippen molar-refractivity contribution in [3.63, 3.8) is 0 Å². The minimum Gasteiger partial charge on any atom is -0.373 e. The molecule has 1 aliphatic carbocycles. The van der Waals surface area contributed by atoms with Crippen LogP contribution >= 0.6 is 0 Å². The average Bonchev–Trinajstić information content (AvgIpc) is 3.14. The maximum absolute atomic E-state index is 12.4. The minimum atomic E-state index is -0.139. The summed E-state index contributed by atoms with van der Waals surface area (Å²) in [6, 6.07) is 3.99. The van der Waals surface area contributed by atoms with Crippen LogP contribution in [0.25, 0.3) is 5.65 Å². The van der Waals surface area contributed by atoms with Crippen LogP contribution in [0, 0.1) is 0 Å². The number of aryl methyl sites for hydroxylation is 1. The first-order chi connectivity index (χ1) is 12.2. The molecule has 0 unspecified atom stereocenters. The highest BCUT2D eigenvalue weighted by atomic mass is 16.1. The third-order valence-electron chi connectivity index (χ3n) is 4.11. The van der Waals surface area contributed by atoms with Crippen LogP contribution in [0.5, 0.6) is 0 Å². The van der Waals surface area contributed by atoms with Crippen molar-refractivity contribution in [1.29, 1.82) is 0 Å². The van der Waals surface area contributed by atoms with Gasteiger partial charge in [0, 0.05) is 38.0 Å². The van der Waals surface area contributed by atoms with Crippen LogP contribution in [-0.2, 0) is 6.54 Å². The van der Waals surface area contributed by atoms with E-state index in [-0.39, 0.29) is 11.9 Å². The van der Waals surface area contributed by atoms with Crippen molar-refractivity contribution in [2.24, 2.45) is 0 Å². The molecule has 1 amide bonds. The zero-order chi connectivity index (χ0) is 17.4. The van der Waals surface area contributed by atoms with Crippen molar-refractivity contribution in [1.82, 2.24) is 29.7 Å². The first kappa shape index (κ1) is 15.4. The van der Waals surface area contributed by atoms with E-state index in [2.05, 4.69) is 31.1 Å². The third-order valence-corrected chi connectivity index (χ3v) is 4.11. The summed E-state index contributed by atoms with van der Waals surface area (Å²) in [4.78, 5) is 17.0. The van der Waals surface area contributed by atoms with Crippen molar-refractivity contribution in [3.05, 3.63) is 30.1 Å². The van der Waals surface area contributed by atoms with Crippen molar-refractivity contribution >= 4 is 29.0 Å². The van der Waals surface area contributed by atoms with Gasteiger partial charge in [-0.3, -0.25) is 9.48 Å². The molecule has 3 aromatic heterocycles. The molecule has 0 aromatic carbocycles. The van der Waals surface area contributed by atoms with Gasteiger partial charge in [-0.15, -0.1) is 0 Å². The van der Waals surface area contributed by atoms with Crippen LogP contribution < -0.4 is 16.0 Å². The lowest BCUT2D eigenvalue weighted by Gasteiger charge is -2.09. The monoisotopic (exact) mass is 340 g/mol. The SMILES string of the molecule is CCn1ccc(Nc2cc(NC)n3ncc(C(=O)NC4CC4)c3n2)n1. The molecule has 0 atom stereocenters. The molecule has 1 aliphatic rings. The fourth-order valence-electron chi connectivity index (χ4n) is 2.59. The molecule has 3 N–H and O–H groups in total. The van der Waals surface area contributed by atoms with Crippen LogP contribution in [0.1, 0.15) is 30.1 Å². The molecule has 9 heteroatoms. The maximum atomic E-state index is 12.4. The van der Waals surface area contributed by atoms with Gasteiger partial charge in [0.2, 0.25) is 0 Å². The Hall–Kier alpha value is -3.10. The number of nitrogens with zero attached hydrogens (tertiary/aromatic N) is 5. The Morgan fingerprint density at radius 3 is 2.88 bits per heavy atom. The molecule has 0 radical (unpaired) electrons. The Bertz CT molecular complexity index is 924. The van der Waals surface area contributed by atoms with E-state index in [9.17, 15) is 4.79 Å². The second-order valence-electron chi connectivity index (χ2n) is 6.00. The molecule has 3 heterocycles. The molecule has 0 spiro atoms. The van der Waals surface area contributed by atoms with E-state index in [0.29, 0.717) is 22.8 Å². The van der Waals surface area contributed by atoms with Crippen molar-refractivity contribution in [2.45, 2.75) is 32.4 Å². The lowest BCUT2D eigenvalue weighted by molar-refractivity contribution is 0.0952. The number of amides is 1. The summed E-state index contributed by atoms with van der Waals surface area (Å²) in [5.74, 6) is 1.88. The summed E-state index contributed by atoms with van der Waals surface area (Å²) < 4.78 is 3.45. The van der Waals surface area contributed by atoms with Gasteiger partial charge in [0.15, 0.2) is 11.5 Å². The normalized spacial score (nSPS) is 13.8. The molecule has 3 aromatic rings. The topological polar surface area (TPSA) is 101 Å². The number of hydrogen-bond acceptors (Lipinski definition) is 6. The highest BCUT2D eigenvalue weighted by Crippen LogP contribution is 2.23. The Labute approximate surface area is 144 Å². The molecule has 1 saturated carbocycles. The first-order valence-corrected chi connectivity index (χ1v) is 8.36. The van der Waals surface area contributed by atoms with E-state index in [0.717, 1.165) is 25.2 Å². The van der Waals surface area contributed by atoms with Gasteiger partial charge >= 0.3 is 0 Å². The molecule has 0 aliphatic heterocycles. The number of carbonyl (C=O) groups is 1. The number of nitrogens with one attached hydrogen (secondary N) is 3. The van der Waals surface area contributed by atoms with Crippen molar-refractivity contribution < 1.29 is 4.79 Å². The fourth-order valence-corrected chi connectivity index (χ4v) is 2.59. The highest BCUT2D eigenvalue weighted by Gasteiger charge is 2.26. The van der Waals surface area contributed by atoms with Crippen molar-refractivity contribution in [3.8, 4) is 0 Å². The van der Waals surface area contributed by atoms with Crippen LogP contribution in [0.15, 0.2) is 24.5 Å². The fraction of sp³-hybridized carbons (Fsp3) is 0.375. The molecule has 25 heavy (non-hydrogen) atoms. The number of rotatable bonds is 6. The summed E-state index contributed by atoms with van der Waals surface area (Å²) in [5.41, 5.74) is 0.966. The van der Waals surface area contributed by atoms with Gasteiger partial charge in [-0.2, -0.15) is 14.7 Å². The maximum Gasteiger partial charge on any atom is 0.256 e. The molecule has 9 nitrogen and oxygen atoms in total. The summed E-state index contributed by atoms with van der Waals surface area (Å²) in [6.07, 6.45) is 5.52. The minimum absolute atomic E-state index is 0.139. The molecule has 1 fully saturated rings. The summed E-state index contributed by atoms with van der Waals surface area (Å²) in [7, 11) is 1.80. The van der Waals surface area contributed by atoms with E-state index in [1.165, 1.54) is 0 Å². The van der Waals surface area contributed by atoms with E-state index in [1.807, 2.05) is 29.9 Å². The lowest BCUT2D eigenvalue weighted by Crippen LogP contribution is -2.25. The molecular weight excluding hydrogens is 320 g/mol. The standard InChI is InChI=1S/C16H20N8O/c1-3-23-7-6-12(22-23)20-13-8-14(17-2)24-15(21-13)11(9-18-24)16(25)19-10-4-5-10/h6-10,17H,3-5H2,1-2H3,(H,19,25)(H,20,21,22). The van der Waals surface area contributed by atoms with Gasteiger partial charge in [0.25, 0.3) is 5.91 Å². The predicted molar refractivity (Wildman–Crippen MR) is 94.2 cm³/mol. The quantitative estimate of drug-likeness (QED) is 0.630. The van der Waals surface area contributed by atoms with E-state index >= 15 is 0 Å². The van der Waals surface area contributed by atoms with Gasteiger partial charge < -0.3 is 16.0 Å². The van der Waals surface area contributed by atoms with Gasteiger partial charge in [-0.25, -0.2) is 4.98 Å². The van der Waals surface area contributed by atoms with Gasteiger partial charge in [0.1, 0.15) is 17.2 Å². The molecule has 0 saturated heterocycles. The van der Waals surface area contributed by atoms with Crippen LogP contribution in [0.3, 0.4) is 0 Å². The van der Waals surface area contributed by atoms with E-state index in [4.69, 9.17) is 0 Å². The molecule has 4 rings (SSSR count). The zero-order valence-electron chi connectivity index (χ0n) is 14.2. The Morgan fingerprint density at radius 2 is 2.20 bits per heavy atom. The first-order valence-electron chi connectivity index (χ1n) is 8.36. The van der Waals surface area contributed by atoms with Gasteiger partial charge in [-0.05, 0) is 19.8 Å². The summed E-state index contributed by atoms with van der Waals surface area (Å²) >= 11 is 0. The van der Waals surface area contributed by atoms with Crippen LogP contribution in [0.4, 0.5) is 17.5 Å². The third kappa shape index (κ3) is 3.00. The average molecular weight is 340 g/mol. The molecule has 130 valence electrons. The van der Waals surface area contributed by atoms with Crippen LogP contribution in [0.2, 0.25) is 0 Å². The number of hydrogen-bond donors (Lipinski definition) is 3. The van der Waals surface area contributed by atoms with Crippen LogP contribution in [-0.4, -0.2) is 43.4 Å². The smallest absolute Gasteiger partial charge is 0.256 e. The summed E-state index contributed by atoms with van der Waals surface area (Å²) in [5, 5.41) is 17.9. The number of carbonyl (C=O) groups excluding carboxylic acids is 1. The molecule has 0 bridgehead atoms. The Balaban J connectivity index is 1.70. The van der Waals surface area contributed by atoms with Gasteiger partial charge in [-0.1, -0.05) is 0 Å². The van der Waals surface area contributed by atoms with E-state index in [1.54, 1.807) is 17.8 Å². The van der Waals surface area contributed by atoms with Crippen molar-refractivity contribution in [2.75, 3.05) is 17.7 Å². The number of anilines is 3. The highest BCUT2D eigenvalue weighted by molar-refractivity contribution is 6.00. The lowest BCUT2D eigenvalue weighted by atomic mass is 10.3.